The summed E-state index contributed by atoms with van der Waals surface area (Å²) in [6, 6.07) is 7.21. The Kier molecular flexibility index (Phi) is 3.52. The van der Waals surface area contributed by atoms with Crippen molar-refractivity contribution in [2.45, 2.75) is 13.8 Å². The highest BCUT2D eigenvalue weighted by Gasteiger charge is 2.19. The molecule has 0 aliphatic heterocycles. The van der Waals surface area contributed by atoms with Crippen molar-refractivity contribution in [2.24, 2.45) is 0 Å². The zero-order valence-electron chi connectivity index (χ0n) is 11.1. The molecule has 102 valence electrons. The molecule has 0 radical (unpaired) electrons. The topological polar surface area (TPSA) is 87.2 Å². The number of phenols is 1. The molecule has 1 heterocycles. The number of aryl methyl sites for hydroxylation is 1. The van der Waals surface area contributed by atoms with E-state index in [0.29, 0.717) is 5.69 Å². The third-order valence-electron chi connectivity index (χ3n) is 3.01. The van der Waals surface area contributed by atoms with Gasteiger partial charge in [0, 0.05) is 11.3 Å². The van der Waals surface area contributed by atoms with Gasteiger partial charge in [0.05, 0.1) is 11.1 Å². The van der Waals surface area contributed by atoms with Gasteiger partial charge in [0.2, 0.25) is 5.78 Å². The number of hydrogen-bond donors (Lipinski definition) is 2. The van der Waals surface area contributed by atoms with Crippen molar-refractivity contribution in [1.82, 2.24) is 4.98 Å². The first kappa shape index (κ1) is 13.7. The van der Waals surface area contributed by atoms with Gasteiger partial charge in [-0.2, -0.15) is 0 Å². The van der Waals surface area contributed by atoms with Crippen LogP contribution in [0.3, 0.4) is 0 Å². The molecule has 0 spiro atoms. The van der Waals surface area contributed by atoms with E-state index in [9.17, 15) is 19.5 Å². The van der Waals surface area contributed by atoms with Gasteiger partial charge in [-0.3, -0.25) is 14.4 Å². The largest absolute Gasteiger partial charge is 0.507 e. The van der Waals surface area contributed by atoms with Crippen molar-refractivity contribution in [3.63, 3.8) is 0 Å². The van der Waals surface area contributed by atoms with E-state index in [2.05, 4.69) is 4.98 Å². The summed E-state index contributed by atoms with van der Waals surface area (Å²) in [5, 5.41) is 9.67. The van der Waals surface area contributed by atoms with Gasteiger partial charge in [0.1, 0.15) is 5.75 Å². The Morgan fingerprint density at radius 3 is 2.35 bits per heavy atom. The highest BCUT2D eigenvalue weighted by atomic mass is 16.3. The second kappa shape index (κ2) is 5.13. The number of aromatic nitrogens is 1. The molecule has 0 unspecified atom stereocenters. The number of pyridine rings is 1. The number of rotatable bonds is 3. The number of Topliss-reactive ketones (excluding diaryl/α,β-unsaturated/α-hetero) is 1. The molecule has 2 rings (SSSR count). The number of benzene rings is 1. The van der Waals surface area contributed by atoms with Gasteiger partial charge < -0.3 is 10.1 Å². The minimum atomic E-state index is -0.619. The van der Waals surface area contributed by atoms with E-state index >= 15 is 0 Å². The SMILES string of the molecule is CC(=O)c1cc(C(=O)c2ccccc2O)c(=O)[nH]c1C. The van der Waals surface area contributed by atoms with E-state index in [1.165, 1.54) is 25.1 Å². The predicted octanol–water partition coefficient (Wildman–Crippen LogP) is 1.82. The fraction of sp³-hybridized carbons (Fsp3) is 0.133. The molecule has 0 saturated carbocycles. The molecule has 1 aromatic heterocycles. The minimum absolute atomic E-state index is 0.0244. The zero-order valence-corrected chi connectivity index (χ0v) is 11.1. The third-order valence-corrected chi connectivity index (χ3v) is 3.01. The molecule has 0 bridgehead atoms. The van der Waals surface area contributed by atoms with Crippen LogP contribution in [-0.4, -0.2) is 21.7 Å². The number of phenolic OH excluding ortho intramolecular Hbond substituents is 1. The average Bonchev–Trinajstić information content (AvgIpc) is 2.38. The molecule has 0 aliphatic carbocycles. The number of hydrogen-bond acceptors (Lipinski definition) is 4. The first-order valence-corrected chi connectivity index (χ1v) is 5.99. The summed E-state index contributed by atoms with van der Waals surface area (Å²) in [6.45, 7) is 2.95. The van der Waals surface area contributed by atoms with Crippen LogP contribution in [0.25, 0.3) is 0 Å². The van der Waals surface area contributed by atoms with Crippen LogP contribution in [0.1, 0.15) is 38.9 Å². The second-order valence-electron chi connectivity index (χ2n) is 4.45. The lowest BCUT2D eigenvalue weighted by Gasteiger charge is -2.06. The smallest absolute Gasteiger partial charge is 0.259 e. The number of carbonyl (C=O) groups is 2. The summed E-state index contributed by atoms with van der Waals surface area (Å²) in [5.74, 6) is -1.07. The van der Waals surface area contributed by atoms with E-state index in [0.717, 1.165) is 0 Å². The normalized spacial score (nSPS) is 10.3. The van der Waals surface area contributed by atoms with Gasteiger partial charge >= 0.3 is 0 Å². The second-order valence-corrected chi connectivity index (χ2v) is 4.45. The first-order chi connectivity index (χ1) is 9.41. The van der Waals surface area contributed by atoms with Crippen molar-refractivity contribution in [3.05, 3.63) is 63.1 Å². The lowest BCUT2D eigenvalue weighted by atomic mass is 10.0. The Morgan fingerprint density at radius 2 is 1.75 bits per heavy atom. The van der Waals surface area contributed by atoms with Gasteiger partial charge in [0.25, 0.3) is 5.56 Å². The first-order valence-electron chi connectivity index (χ1n) is 5.99. The average molecular weight is 271 g/mol. The van der Waals surface area contributed by atoms with E-state index < -0.39 is 11.3 Å². The molecule has 2 N–H and O–H groups in total. The Morgan fingerprint density at radius 1 is 1.10 bits per heavy atom. The van der Waals surface area contributed by atoms with E-state index in [1.807, 2.05) is 0 Å². The standard InChI is InChI=1S/C15H13NO4/c1-8-11(9(2)17)7-12(15(20)16-8)14(19)10-5-3-4-6-13(10)18/h3-7,18H,1-2H3,(H,16,20). The summed E-state index contributed by atoms with van der Waals surface area (Å²) < 4.78 is 0. The highest BCUT2D eigenvalue weighted by molar-refractivity contribution is 6.11. The fourth-order valence-corrected chi connectivity index (χ4v) is 1.97. The Balaban J connectivity index is 2.62. The van der Waals surface area contributed by atoms with Crippen LogP contribution < -0.4 is 5.56 Å². The van der Waals surface area contributed by atoms with Crippen LogP contribution in [0, 0.1) is 6.92 Å². The summed E-state index contributed by atoms with van der Waals surface area (Å²) in [5.41, 5.74) is -0.0286. The number of aromatic amines is 1. The van der Waals surface area contributed by atoms with Gasteiger partial charge in [0.15, 0.2) is 5.78 Å². The molecule has 5 heteroatoms. The fourth-order valence-electron chi connectivity index (χ4n) is 1.97. The molecular formula is C15H13NO4. The Bertz CT molecular complexity index is 759. The molecule has 2 aromatic rings. The van der Waals surface area contributed by atoms with Gasteiger partial charge in [-0.05, 0) is 32.0 Å². The Hall–Kier alpha value is -2.69. The van der Waals surface area contributed by atoms with Crippen LogP contribution in [0.5, 0.6) is 5.75 Å². The number of para-hydroxylation sites is 1. The molecule has 0 fully saturated rings. The van der Waals surface area contributed by atoms with Crippen molar-refractivity contribution in [1.29, 1.82) is 0 Å². The monoisotopic (exact) mass is 271 g/mol. The number of carbonyl (C=O) groups excluding carboxylic acids is 2. The molecule has 0 amide bonds. The minimum Gasteiger partial charge on any atom is -0.507 e. The number of ketones is 2. The van der Waals surface area contributed by atoms with Crippen LogP contribution >= 0.6 is 0 Å². The summed E-state index contributed by atoms with van der Waals surface area (Å²) in [6.07, 6.45) is 0. The van der Waals surface area contributed by atoms with Crippen molar-refractivity contribution in [2.75, 3.05) is 0 Å². The van der Waals surface area contributed by atoms with Crippen LogP contribution in [0.2, 0.25) is 0 Å². The summed E-state index contributed by atoms with van der Waals surface area (Å²) in [7, 11) is 0. The molecule has 0 saturated heterocycles. The molecule has 1 aromatic carbocycles. The number of nitrogens with one attached hydrogen (secondary N) is 1. The van der Waals surface area contributed by atoms with Gasteiger partial charge in [-0.1, -0.05) is 12.1 Å². The van der Waals surface area contributed by atoms with Crippen molar-refractivity contribution >= 4 is 11.6 Å². The van der Waals surface area contributed by atoms with Gasteiger partial charge in [-0.25, -0.2) is 0 Å². The maximum absolute atomic E-state index is 12.3. The molecule has 5 nitrogen and oxygen atoms in total. The molecule has 0 aliphatic rings. The predicted molar refractivity (Wildman–Crippen MR) is 73.3 cm³/mol. The highest BCUT2D eigenvalue weighted by Crippen LogP contribution is 2.19. The van der Waals surface area contributed by atoms with E-state index in [-0.39, 0.29) is 28.2 Å². The van der Waals surface area contributed by atoms with Crippen LogP contribution in [0.4, 0.5) is 0 Å². The Labute approximate surface area is 114 Å². The maximum Gasteiger partial charge on any atom is 0.259 e. The van der Waals surface area contributed by atoms with Gasteiger partial charge in [-0.15, -0.1) is 0 Å². The molecule has 0 atom stereocenters. The van der Waals surface area contributed by atoms with Crippen molar-refractivity contribution in [3.8, 4) is 5.75 Å². The quantitative estimate of drug-likeness (QED) is 0.833. The molecular weight excluding hydrogens is 258 g/mol. The van der Waals surface area contributed by atoms with Crippen LogP contribution in [-0.2, 0) is 0 Å². The molecule has 20 heavy (non-hydrogen) atoms. The van der Waals surface area contributed by atoms with E-state index in [4.69, 9.17) is 0 Å². The summed E-state index contributed by atoms with van der Waals surface area (Å²) in [4.78, 5) is 38.1. The lowest BCUT2D eigenvalue weighted by molar-refractivity contribution is 0.101. The van der Waals surface area contributed by atoms with Crippen LogP contribution in [0.15, 0.2) is 35.1 Å². The zero-order chi connectivity index (χ0) is 14.9. The maximum atomic E-state index is 12.3. The lowest BCUT2D eigenvalue weighted by Crippen LogP contribution is -2.21. The number of aromatic hydroxyl groups is 1. The van der Waals surface area contributed by atoms with Crippen molar-refractivity contribution < 1.29 is 14.7 Å². The summed E-state index contributed by atoms with van der Waals surface area (Å²) >= 11 is 0. The third kappa shape index (κ3) is 2.38. The number of H-pyrrole nitrogens is 1. The van der Waals surface area contributed by atoms with E-state index in [1.54, 1.807) is 19.1 Å².